The van der Waals surface area contributed by atoms with Crippen molar-refractivity contribution in [3.63, 3.8) is 0 Å². The number of pyridine rings is 1. The Bertz CT molecular complexity index is 1600. The van der Waals surface area contributed by atoms with Crippen LogP contribution in [0, 0.1) is 6.92 Å². The number of anilines is 3. The Balaban J connectivity index is 1.28. The van der Waals surface area contributed by atoms with Crippen LogP contribution in [0.5, 0.6) is 11.5 Å². The molecule has 1 aliphatic heterocycles. The Morgan fingerprint density at radius 2 is 1.79 bits per heavy atom. The molecule has 0 spiro atoms. The van der Waals surface area contributed by atoms with E-state index in [-0.39, 0.29) is 29.9 Å². The third kappa shape index (κ3) is 4.79. The maximum atomic E-state index is 13.5. The smallest absolute Gasteiger partial charge is 0.331 e. The summed E-state index contributed by atoms with van der Waals surface area (Å²) in [7, 11) is 0. The number of hydrogen-bond acceptors (Lipinski definition) is 6. The first-order valence-corrected chi connectivity index (χ1v) is 13.6. The van der Waals surface area contributed by atoms with Crippen molar-refractivity contribution in [2.45, 2.75) is 45.2 Å². The Morgan fingerprint density at radius 1 is 1.03 bits per heavy atom. The number of hydrogen-bond donors (Lipinski definition) is 3. The van der Waals surface area contributed by atoms with E-state index in [4.69, 9.17) is 4.74 Å². The number of aromatic nitrogens is 1. The van der Waals surface area contributed by atoms with Crippen molar-refractivity contribution in [3.05, 3.63) is 71.2 Å². The van der Waals surface area contributed by atoms with Gasteiger partial charge in [0, 0.05) is 25.2 Å². The summed E-state index contributed by atoms with van der Waals surface area (Å²) >= 11 is 1.26. The van der Waals surface area contributed by atoms with Crippen LogP contribution >= 0.6 is 11.3 Å². The summed E-state index contributed by atoms with van der Waals surface area (Å²) in [6.45, 7) is 3.43. The summed E-state index contributed by atoms with van der Waals surface area (Å²) in [5.41, 5.74) is 2.71. The van der Waals surface area contributed by atoms with E-state index in [9.17, 15) is 14.4 Å². The lowest BCUT2D eigenvalue weighted by molar-refractivity contribution is -0.119. The number of nitrogens with zero attached hydrogens (tertiary/aromatic N) is 2. The molecule has 4 amide bonds. The lowest BCUT2D eigenvalue weighted by atomic mass is 10.1. The molecule has 4 aromatic rings. The van der Waals surface area contributed by atoms with Crippen molar-refractivity contribution in [2.75, 3.05) is 10.2 Å². The highest BCUT2D eigenvalue weighted by molar-refractivity contribution is 7.21. The molecule has 1 aliphatic carbocycles. The number of carbonyl (C=O) groups is 3. The van der Waals surface area contributed by atoms with Crippen LogP contribution in [0.3, 0.4) is 0 Å². The van der Waals surface area contributed by atoms with E-state index in [1.165, 1.54) is 18.3 Å². The van der Waals surface area contributed by atoms with Crippen molar-refractivity contribution in [3.8, 4) is 11.5 Å². The molecule has 6 rings (SSSR count). The highest BCUT2D eigenvalue weighted by Gasteiger charge is 2.34. The number of aryl methyl sites for hydroxylation is 1. The average Bonchev–Trinajstić information content (AvgIpc) is 3.50. The number of para-hydroxylation sites is 1. The normalized spacial score (nSPS) is 18.1. The summed E-state index contributed by atoms with van der Waals surface area (Å²) < 4.78 is 5.96. The van der Waals surface area contributed by atoms with Gasteiger partial charge in [-0.05, 0) is 68.1 Å². The number of carbonyl (C=O) groups excluding carboxylic acids is 3. The Kier molecular flexibility index (Phi) is 6.40. The van der Waals surface area contributed by atoms with Crippen LogP contribution < -0.4 is 25.6 Å². The zero-order valence-corrected chi connectivity index (χ0v) is 22.3. The molecule has 2 aromatic carbocycles. The van der Waals surface area contributed by atoms with Gasteiger partial charge in [0.1, 0.15) is 21.2 Å². The molecule has 0 radical (unpaired) electrons. The van der Waals surface area contributed by atoms with E-state index in [2.05, 4.69) is 20.9 Å². The van der Waals surface area contributed by atoms with Gasteiger partial charge in [-0.2, -0.15) is 0 Å². The van der Waals surface area contributed by atoms with E-state index >= 15 is 0 Å². The molecule has 0 unspecified atom stereocenters. The first kappa shape index (κ1) is 24.9. The molecule has 2 aromatic heterocycles. The topological polar surface area (TPSA) is 113 Å². The van der Waals surface area contributed by atoms with E-state index < -0.39 is 0 Å². The number of benzene rings is 2. The molecule has 39 heavy (non-hydrogen) atoms. The van der Waals surface area contributed by atoms with Crippen LogP contribution in [-0.4, -0.2) is 34.9 Å². The molecule has 1 fully saturated rings. The van der Waals surface area contributed by atoms with Crippen LogP contribution in [0.4, 0.5) is 21.9 Å². The first-order valence-electron chi connectivity index (χ1n) is 12.8. The number of thiophene rings is 1. The van der Waals surface area contributed by atoms with Crippen LogP contribution in [0.25, 0.3) is 10.2 Å². The van der Waals surface area contributed by atoms with Crippen molar-refractivity contribution in [1.82, 2.24) is 15.6 Å². The SMILES string of the molecule is CC(=O)N[C@@H]1CC[C@@H](NC(=O)c2sc3nccc4c3c2NC(=O)N4c2ccc(Oc3ccccc3)cc2C)C1. The molecule has 3 N–H and O–H groups in total. The predicted molar refractivity (Wildman–Crippen MR) is 151 cm³/mol. The number of urea groups is 1. The number of amides is 4. The van der Waals surface area contributed by atoms with Crippen LogP contribution in [0.2, 0.25) is 0 Å². The molecule has 3 heterocycles. The fourth-order valence-corrected chi connectivity index (χ4v) is 6.35. The van der Waals surface area contributed by atoms with Gasteiger partial charge in [0.25, 0.3) is 5.91 Å². The maximum absolute atomic E-state index is 13.5. The van der Waals surface area contributed by atoms with Crippen LogP contribution in [0.1, 0.15) is 41.4 Å². The Hall–Kier alpha value is -4.44. The standard InChI is InChI=1S/C29H27N5O4S/c1-16-14-21(38-20-6-4-3-5-7-20)10-11-22(16)34-23-12-13-30-28-24(23)25(33-29(34)37)26(39-28)27(36)32-19-9-8-18(15-19)31-17(2)35/h3-7,10-14,18-19H,8-9,15H2,1-2H3,(H,31,35)(H,32,36)(H,33,37)/t18-,19-/m1/s1. The van der Waals surface area contributed by atoms with Crippen LogP contribution in [0.15, 0.2) is 60.8 Å². The zero-order chi connectivity index (χ0) is 27.1. The lowest BCUT2D eigenvalue weighted by Crippen LogP contribution is -2.37. The van der Waals surface area contributed by atoms with Gasteiger partial charge in [0.15, 0.2) is 0 Å². The lowest BCUT2D eigenvalue weighted by Gasteiger charge is -2.29. The highest BCUT2D eigenvalue weighted by atomic mass is 32.1. The molecular formula is C29H27N5O4S. The third-order valence-electron chi connectivity index (χ3n) is 7.02. The summed E-state index contributed by atoms with van der Waals surface area (Å²) in [6.07, 6.45) is 3.93. The summed E-state index contributed by atoms with van der Waals surface area (Å²) in [5.74, 6) is 1.08. The van der Waals surface area contributed by atoms with Gasteiger partial charge in [-0.3, -0.25) is 14.5 Å². The van der Waals surface area contributed by atoms with E-state index in [1.54, 1.807) is 17.2 Å². The van der Waals surface area contributed by atoms with Gasteiger partial charge in [-0.1, -0.05) is 18.2 Å². The second kappa shape index (κ2) is 10.0. The fraction of sp³-hybridized carbons (Fsp3) is 0.241. The van der Waals surface area contributed by atoms with Gasteiger partial charge in [0.05, 0.1) is 22.4 Å². The molecule has 0 saturated heterocycles. The minimum absolute atomic E-state index is 0.0470. The first-order chi connectivity index (χ1) is 18.9. The number of nitrogens with one attached hydrogen (secondary N) is 3. The van der Waals surface area contributed by atoms with Gasteiger partial charge < -0.3 is 20.7 Å². The monoisotopic (exact) mass is 541 g/mol. The molecular weight excluding hydrogens is 514 g/mol. The molecule has 2 atom stereocenters. The molecule has 2 aliphatic rings. The zero-order valence-electron chi connectivity index (χ0n) is 21.5. The molecule has 1 saturated carbocycles. The average molecular weight is 542 g/mol. The quantitative estimate of drug-likeness (QED) is 0.283. The Labute approximate surface area is 229 Å². The van der Waals surface area contributed by atoms with Crippen molar-refractivity contribution in [2.24, 2.45) is 0 Å². The molecule has 10 heteroatoms. The highest BCUT2D eigenvalue weighted by Crippen LogP contribution is 2.46. The molecule has 9 nitrogen and oxygen atoms in total. The number of ether oxygens (including phenoxy) is 1. The van der Waals surface area contributed by atoms with Crippen molar-refractivity contribution in [1.29, 1.82) is 0 Å². The minimum atomic E-state index is -0.353. The van der Waals surface area contributed by atoms with Crippen molar-refractivity contribution >= 4 is 56.5 Å². The second-order valence-electron chi connectivity index (χ2n) is 9.83. The summed E-state index contributed by atoms with van der Waals surface area (Å²) in [5, 5.41) is 9.69. The fourth-order valence-electron chi connectivity index (χ4n) is 5.33. The third-order valence-corrected chi connectivity index (χ3v) is 8.11. The van der Waals surface area contributed by atoms with Gasteiger partial charge in [0.2, 0.25) is 5.91 Å². The molecule has 198 valence electrons. The minimum Gasteiger partial charge on any atom is -0.457 e. The van der Waals surface area contributed by atoms with Gasteiger partial charge in [-0.25, -0.2) is 9.78 Å². The van der Waals surface area contributed by atoms with Crippen LogP contribution in [-0.2, 0) is 4.79 Å². The summed E-state index contributed by atoms with van der Waals surface area (Å²) in [6, 6.07) is 16.6. The van der Waals surface area contributed by atoms with Gasteiger partial charge >= 0.3 is 6.03 Å². The predicted octanol–water partition coefficient (Wildman–Crippen LogP) is 5.87. The second-order valence-corrected chi connectivity index (χ2v) is 10.8. The van der Waals surface area contributed by atoms with E-state index in [0.29, 0.717) is 38.9 Å². The molecule has 0 bridgehead atoms. The van der Waals surface area contributed by atoms with Crippen molar-refractivity contribution < 1.29 is 19.1 Å². The summed E-state index contributed by atoms with van der Waals surface area (Å²) in [4.78, 5) is 45.4. The van der Waals surface area contributed by atoms with Gasteiger partial charge in [-0.15, -0.1) is 11.3 Å². The largest absolute Gasteiger partial charge is 0.457 e. The van der Waals surface area contributed by atoms with E-state index in [1.807, 2.05) is 55.5 Å². The van der Waals surface area contributed by atoms with E-state index in [0.717, 1.165) is 29.5 Å². The number of rotatable bonds is 6. The Morgan fingerprint density at radius 3 is 2.54 bits per heavy atom. The maximum Gasteiger partial charge on any atom is 0.331 e.